The zero-order valence-electron chi connectivity index (χ0n) is 33.4. The average Bonchev–Trinajstić information content (AvgIpc) is 3.96. The first-order valence-corrected chi connectivity index (χ1v) is 20.3. The number of aromatic nitrogens is 6. The number of aliphatic carboxylic acids is 1. The number of nitrogens with zero attached hydrogens (tertiary/aromatic N) is 8. The molecule has 18 nitrogen and oxygen atoms in total. The maximum Gasteiger partial charge on any atom is 0.435 e. The average molecular weight is 880 g/mol. The molecule has 4 amide bonds. The van der Waals surface area contributed by atoms with Crippen molar-refractivity contribution in [3.8, 4) is 17.1 Å². The number of carbonyl (C=O) groups excluding carboxylic acids is 4. The lowest BCUT2D eigenvalue weighted by Crippen LogP contribution is -2.62. The monoisotopic (exact) mass is 879 g/mol. The highest BCUT2D eigenvalue weighted by Crippen LogP contribution is 2.37. The summed E-state index contributed by atoms with van der Waals surface area (Å²) >= 11 is 6.56. The summed E-state index contributed by atoms with van der Waals surface area (Å²) in [6, 6.07) is 5.73. The van der Waals surface area contributed by atoms with Crippen molar-refractivity contribution in [3.63, 3.8) is 0 Å². The number of imidazole rings is 1. The molecule has 1 aromatic carbocycles. The first-order chi connectivity index (χ1) is 29.5. The van der Waals surface area contributed by atoms with Crippen LogP contribution in [0, 0.1) is 11.8 Å². The number of benzene rings is 1. The molecule has 3 aliphatic rings. The van der Waals surface area contributed by atoms with Gasteiger partial charge in [-0.1, -0.05) is 11.6 Å². The summed E-state index contributed by atoms with van der Waals surface area (Å²) in [6.45, 7) is 5.15. The van der Waals surface area contributed by atoms with E-state index in [4.69, 9.17) is 17.3 Å². The van der Waals surface area contributed by atoms with Crippen LogP contribution in [0.25, 0.3) is 28.0 Å². The summed E-state index contributed by atoms with van der Waals surface area (Å²) in [7, 11) is 1.38. The van der Waals surface area contributed by atoms with Gasteiger partial charge in [-0.2, -0.15) is 18.3 Å². The lowest BCUT2D eigenvalue weighted by atomic mass is 9.90. The normalized spacial score (nSPS) is 19.7. The molecule has 3 aliphatic heterocycles. The number of nitrogens with one attached hydrogen (secondary N) is 3. The minimum Gasteiger partial charge on any atom is -0.477 e. The fraction of sp³-hybridized carbons (Fsp3) is 0.400. The fourth-order valence-corrected chi connectivity index (χ4v) is 8.95. The Morgan fingerprint density at radius 1 is 1.00 bits per heavy atom. The summed E-state index contributed by atoms with van der Waals surface area (Å²) in [5, 5.41) is 19.7. The summed E-state index contributed by atoms with van der Waals surface area (Å²) in [6.07, 6.45) is 1.23. The molecule has 0 bridgehead atoms. The van der Waals surface area contributed by atoms with E-state index < -0.39 is 29.7 Å². The van der Waals surface area contributed by atoms with Crippen LogP contribution >= 0.6 is 11.6 Å². The summed E-state index contributed by atoms with van der Waals surface area (Å²) in [5.74, 6) is -2.59. The van der Waals surface area contributed by atoms with Crippen molar-refractivity contribution >= 4 is 57.8 Å². The molecular formula is C40H43ClF3N12O6+. The number of H-pyrrole nitrogens is 1. The third-order valence-electron chi connectivity index (χ3n) is 12.1. The van der Waals surface area contributed by atoms with Gasteiger partial charge in [0.05, 0.1) is 58.8 Å². The van der Waals surface area contributed by atoms with Gasteiger partial charge in [0.1, 0.15) is 0 Å². The number of carboxylic acid groups (broad SMARTS) is 1. The van der Waals surface area contributed by atoms with Crippen LogP contribution in [-0.4, -0.2) is 144 Å². The number of carbonyl (C=O) groups is 5. The Morgan fingerprint density at radius 2 is 1.71 bits per heavy atom. The van der Waals surface area contributed by atoms with E-state index in [1.165, 1.54) is 48.3 Å². The van der Waals surface area contributed by atoms with Gasteiger partial charge in [-0.15, -0.1) is 0 Å². The number of halogens is 4. The van der Waals surface area contributed by atoms with Crippen LogP contribution in [0.2, 0.25) is 5.02 Å². The van der Waals surface area contributed by atoms with Crippen molar-refractivity contribution in [2.45, 2.75) is 19.0 Å². The standard InChI is InChI=1S/C40H42ClF3N12O6/c1-52-31(28-19-55(51-34(28)40(42,43)44)32-13-30-26(16-48-32)27(17-47-30)35(45)59)18-49-36(52)37(60)50-24-2-3-25(29(41)12-24)39(62)54-8-6-53(7-9-54)38(61)23-4-10-56(11-5-23,21-33(57)58)20-22-14-46-15-22/h2-3,12-13,16-19,22-23,46H,4-11,14-15,20-21H2,1H3,(H4-,45,47,48,50,57,58,59,60,62)/p+1. The van der Waals surface area contributed by atoms with Crippen LogP contribution in [0.1, 0.15) is 49.9 Å². The molecule has 0 radical (unpaired) electrons. The van der Waals surface area contributed by atoms with E-state index in [-0.39, 0.29) is 82.1 Å². The number of hydrogen-bond donors (Lipinski definition) is 5. The van der Waals surface area contributed by atoms with Crippen molar-refractivity contribution in [2.75, 3.05) is 70.8 Å². The third kappa shape index (κ3) is 8.34. The number of pyridine rings is 1. The molecule has 4 aromatic heterocycles. The van der Waals surface area contributed by atoms with Crippen LogP contribution in [0.4, 0.5) is 18.9 Å². The number of quaternary nitrogens is 1. The smallest absolute Gasteiger partial charge is 0.435 e. The second kappa shape index (κ2) is 16.5. The van der Waals surface area contributed by atoms with Gasteiger partial charge in [0.2, 0.25) is 5.91 Å². The summed E-state index contributed by atoms with van der Waals surface area (Å²) in [4.78, 5) is 78.4. The Hall–Kier alpha value is -6.32. The number of rotatable bonds is 11. The number of primary amides is 1. The van der Waals surface area contributed by atoms with E-state index >= 15 is 0 Å². The Labute approximate surface area is 356 Å². The zero-order valence-corrected chi connectivity index (χ0v) is 34.2. The van der Waals surface area contributed by atoms with E-state index in [0.717, 1.165) is 36.7 Å². The topological polar surface area (TPSA) is 226 Å². The number of piperazine rings is 1. The van der Waals surface area contributed by atoms with Gasteiger partial charge in [-0.25, -0.2) is 19.4 Å². The maximum atomic E-state index is 14.3. The largest absolute Gasteiger partial charge is 0.477 e. The number of anilines is 1. The molecule has 0 saturated carbocycles. The zero-order chi connectivity index (χ0) is 44.1. The molecule has 0 aliphatic carbocycles. The second-order valence-electron chi connectivity index (χ2n) is 16.1. The molecule has 8 rings (SSSR count). The number of hydrogen-bond acceptors (Lipinski definition) is 9. The Morgan fingerprint density at radius 3 is 2.34 bits per heavy atom. The van der Waals surface area contributed by atoms with Gasteiger partial charge < -0.3 is 45.3 Å². The highest BCUT2D eigenvalue weighted by molar-refractivity contribution is 6.34. The van der Waals surface area contributed by atoms with E-state index in [0.29, 0.717) is 60.3 Å². The molecule has 0 unspecified atom stereocenters. The lowest BCUT2D eigenvalue weighted by Gasteiger charge is -2.46. The van der Waals surface area contributed by atoms with Crippen LogP contribution in [0.15, 0.2) is 49.1 Å². The first kappa shape index (κ1) is 42.4. The summed E-state index contributed by atoms with van der Waals surface area (Å²) in [5.41, 5.74) is 4.64. The predicted molar refractivity (Wildman–Crippen MR) is 217 cm³/mol. The molecule has 3 fully saturated rings. The second-order valence-corrected chi connectivity index (χ2v) is 16.5. The van der Waals surface area contributed by atoms with Crippen molar-refractivity contribution in [1.82, 2.24) is 44.4 Å². The number of alkyl halides is 3. The molecule has 5 aromatic rings. The van der Waals surface area contributed by atoms with Crippen molar-refractivity contribution in [3.05, 3.63) is 76.7 Å². The van der Waals surface area contributed by atoms with E-state index in [1.54, 1.807) is 9.80 Å². The number of aromatic amines is 1. The van der Waals surface area contributed by atoms with Gasteiger partial charge >= 0.3 is 12.1 Å². The predicted octanol–water partition coefficient (Wildman–Crippen LogP) is 2.99. The molecule has 62 heavy (non-hydrogen) atoms. The van der Waals surface area contributed by atoms with Crippen molar-refractivity contribution in [2.24, 2.45) is 24.6 Å². The first-order valence-electron chi connectivity index (χ1n) is 19.9. The van der Waals surface area contributed by atoms with E-state index in [1.807, 2.05) is 0 Å². The van der Waals surface area contributed by atoms with Gasteiger partial charge in [-0.05, 0) is 18.2 Å². The Balaban J connectivity index is 0.892. The van der Waals surface area contributed by atoms with Crippen molar-refractivity contribution in [1.29, 1.82) is 0 Å². The number of likely N-dealkylation sites (tertiary alicyclic amines) is 1. The van der Waals surface area contributed by atoms with Crippen LogP contribution < -0.4 is 16.4 Å². The molecule has 0 spiro atoms. The van der Waals surface area contributed by atoms with Gasteiger partial charge in [0.15, 0.2) is 23.9 Å². The number of nitrogens with two attached hydrogens (primary N) is 1. The van der Waals surface area contributed by atoms with Crippen LogP contribution in [0.5, 0.6) is 0 Å². The number of carboxylic acids is 1. The Bertz CT molecular complexity index is 2590. The van der Waals surface area contributed by atoms with Gasteiger partial charge in [0.25, 0.3) is 17.7 Å². The molecule has 6 N–H and O–H groups in total. The van der Waals surface area contributed by atoms with Crippen LogP contribution in [0.3, 0.4) is 0 Å². The highest BCUT2D eigenvalue weighted by Gasteiger charge is 2.43. The minimum absolute atomic E-state index is 0.0122. The third-order valence-corrected chi connectivity index (χ3v) is 12.4. The summed E-state index contributed by atoms with van der Waals surface area (Å²) < 4.78 is 45.6. The van der Waals surface area contributed by atoms with Gasteiger partial charge in [0, 0.05) is 107 Å². The molecule has 326 valence electrons. The number of fused-ring (bicyclic) bond motifs is 1. The lowest BCUT2D eigenvalue weighted by molar-refractivity contribution is -0.929. The molecule has 0 atom stereocenters. The maximum absolute atomic E-state index is 14.3. The molecule has 22 heteroatoms. The Kier molecular flexibility index (Phi) is 11.3. The minimum atomic E-state index is -4.90. The van der Waals surface area contributed by atoms with E-state index in [2.05, 4.69) is 30.7 Å². The van der Waals surface area contributed by atoms with Crippen molar-refractivity contribution < 1.29 is 46.7 Å². The molecule has 3 saturated heterocycles. The quantitative estimate of drug-likeness (QED) is 0.122. The van der Waals surface area contributed by atoms with Gasteiger partial charge in [-0.3, -0.25) is 19.2 Å². The fourth-order valence-electron chi connectivity index (χ4n) is 8.69. The SMILES string of the molecule is Cn1c(-c2cn(-c3cc4[nH]cc(C(N)=O)c4cn3)nc2C(F)(F)F)cnc1C(=O)Nc1ccc(C(=O)N2CCN(C(=O)C3CC[N+](CC(=O)O)(CC4CNC4)CC3)CC2)c(Cl)c1. The molecular weight excluding hydrogens is 837 g/mol. The van der Waals surface area contributed by atoms with E-state index in [9.17, 15) is 42.3 Å². The number of amides is 4. The van der Waals surface area contributed by atoms with Crippen LogP contribution in [-0.2, 0) is 22.8 Å². The molecule has 7 heterocycles. The highest BCUT2D eigenvalue weighted by atomic mass is 35.5. The number of piperidine rings is 1.